The van der Waals surface area contributed by atoms with E-state index in [9.17, 15) is 10.2 Å². The summed E-state index contributed by atoms with van der Waals surface area (Å²) in [7, 11) is 3.79. The average molecular weight is 639 g/mol. The normalized spacial score (nSPS) is 12.3. The fourth-order valence-corrected chi connectivity index (χ4v) is 6.03. The maximum atomic E-state index is 13.1. The average Bonchev–Trinajstić information content (AvgIpc) is 3.63. The number of imidazole rings is 2. The van der Waals surface area contributed by atoms with Gasteiger partial charge in [-0.1, -0.05) is 89.5 Å². The summed E-state index contributed by atoms with van der Waals surface area (Å²) in [5.41, 5.74) is 3.53. The molecule has 0 aliphatic heterocycles. The molecule has 4 aromatic rings. The third kappa shape index (κ3) is 10.9. The lowest BCUT2D eigenvalue weighted by atomic mass is 10.0. The maximum absolute atomic E-state index is 13.1. The second-order valence-corrected chi connectivity index (χ2v) is 12.7. The lowest BCUT2D eigenvalue weighted by Crippen LogP contribution is -2.43. The molecule has 0 saturated heterocycles. The van der Waals surface area contributed by atoms with Crippen molar-refractivity contribution in [3.8, 4) is 0 Å². The first-order chi connectivity index (χ1) is 22.9. The smallest absolute Gasteiger partial charge is 0.292 e. The SMILES string of the molecule is CCCCCCCC[n+]1ccn(C)c1/C([O-])=N/c1ccc(Cc2ccc(/N=C(\[O-])c3n(C)cc[n+]3CCCCCCCC)cc2)cc1. The Labute approximate surface area is 281 Å². The summed E-state index contributed by atoms with van der Waals surface area (Å²) >= 11 is 0. The molecule has 8 nitrogen and oxygen atoms in total. The Kier molecular flexibility index (Phi) is 14.3. The molecule has 0 radical (unpaired) electrons. The minimum atomic E-state index is -0.228. The Morgan fingerprint density at radius 2 is 0.915 bits per heavy atom. The van der Waals surface area contributed by atoms with Crippen molar-refractivity contribution in [1.82, 2.24) is 9.13 Å². The highest BCUT2D eigenvalue weighted by Crippen LogP contribution is 2.19. The standard InChI is InChI=1S/C39H54N6O2/c1-5-7-9-11-13-15-25-44-29-27-42(3)38(44)36(46)40-34-21-17-32(18-22-34)31-33-19-23-35(24-20-33)41-37(47)39-43(4)28-30-45(39)26-16-14-12-10-8-6-2/h17-24,27-30H,5-16,25-26,31H2,1-4H3. The monoisotopic (exact) mass is 638 g/mol. The molecule has 0 unspecified atom stereocenters. The van der Waals surface area contributed by atoms with Gasteiger partial charge in [0.15, 0.2) is 0 Å². The highest BCUT2D eigenvalue weighted by Gasteiger charge is 2.16. The van der Waals surface area contributed by atoms with Crippen LogP contribution in [-0.2, 0) is 33.6 Å². The van der Waals surface area contributed by atoms with Crippen LogP contribution >= 0.6 is 0 Å². The molecule has 0 fully saturated rings. The molecule has 8 heteroatoms. The van der Waals surface area contributed by atoms with Crippen LogP contribution in [0.4, 0.5) is 11.4 Å². The molecule has 0 spiro atoms. The topological polar surface area (TPSA) is 88.5 Å². The quantitative estimate of drug-likeness (QED) is 0.0505. The minimum absolute atomic E-state index is 0.228. The first kappa shape index (κ1) is 35.7. The Bertz CT molecular complexity index is 1450. The highest BCUT2D eigenvalue weighted by atomic mass is 16.3. The number of aryl methyl sites for hydroxylation is 4. The van der Waals surface area contributed by atoms with Crippen molar-refractivity contribution in [2.45, 2.75) is 110 Å². The minimum Gasteiger partial charge on any atom is -0.853 e. The molecule has 0 bridgehead atoms. The van der Waals surface area contributed by atoms with Crippen molar-refractivity contribution in [2.75, 3.05) is 0 Å². The van der Waals surface area contributed by atoms with Crippen LogP contribution in [0, 0.1) is 0 Å². The van der Waals surface area contributed by atoms with Crippen LogP contribution in [0.2, 0.25) is 0 Å². The van der Waals surface area contributed by atoms with E-state index < -0.39 is 0 Å². The number of aliphatic imine (C=N–C) groups is 2. The van der Waals surface area contributed by atoms with E-state index in [0.29, 0.717) is 23.0 Å². The van der Waals surface area contributed by atoms with Crippen LogP contribution in [0.5, 0.6) is 0 Å². The van der Waals surface area contributed by atoms with Crippen molar-refractivity contribution < 1.29 is 19.3 Å². The van der Waals surface area contributed by atoms with E-state index in [-0.39, 0.29) is 11.8 Å². The zero-order valence-electron chi connectivity index (χ0n) is 29.0. The van der Waals surface area contributed by atoms with E-state index in [0.717, 1.165) is 43.5 Å². The van der Waals surface area contributed by atoms with Gasteiger partial charge in [0.2, 0.25) is 0 Å². The van der Waals surface area contributed by atoms with Gasteiger partial charge in [-0.3, -0.25) is 9.98 Å². The number of hydrogen-bond acceptors (Lipinski definition) is 4. The van der Waals surface area contributed by atoms with Crippen LogP contribution in [0.25, 0.3) is 0 Å². The molecule has 47 heavy (non-hydrogen) atoms. The fourth-order valence-electron chi connectivity index (χ4n) is 6.03. The molecule has 2 heterocycles. The molecule has 0 aliphatic carbocycles. The summed E-state index contributed by atoms with van der Waals surface area (Å²) in [4.78, 5) is 8.83. The van der Waals surface area contributed by atoms with Crippen molar-refractivity contribution in [1.29, 1.82) is 0 Å². The predicted octanol–water partition coefficient (Wildman–Crippen LogP) is 6.13. The second-order valence-electron chi connectivity index (χ2n) is 12.7. The van der Waals surface area contributed by atoms with Crippen LogP contribution in [0.15, 0.2) is 83.3 Å². The third-order valence-corrected chi connectivity index (χ3v) is 8.78. The van der Waals surface area contributed by atoms with E-state index in [2.05, 4.69) is 23.8 Å². The van der Waals surface area contributed by atoms with Gasteiger partial charge in [0.05, 0.1) is 50.4 Å². The summed E-state index contributed by atoms with van der Waals surface area (Å²) < 4.78 is 7.76. The van der Waals surface area contributed by atoms with Crippen molar-refractivity contribution >= 4 is 23.2 Å². The Balaban J connectivity index is 1.33. The molecule has 4 rings (SSSR count). The number of nitrogens with zero attached hydrogens (tertiary/aromatic N) is 6. The fraction of sp³-hybridized carbons (Fsp3) is 0.487. The van der Waals surface area contributed by atoms with Gasteiger partial charge in [0.1, 0.15) is 24.8 Å². The third-order valence-electron chi connectivity index (χ3n) is 8.78. The van der Waals surface area contributed by atoms with Crippen LogP contribution in [0.1, 0.15) is 114 Å². The van der Waals surface area contributed by atoms with Gasteiger partial charge in [-0.2, -0.15) is 0 Å². The van der Waals surface area contributed by atoms with E-state index >= 15 is 0 Å². The number of unbranched alkanes of at least 4 members (excludes halogenated alkanes) is 10. The molecule has 2 aromatic carbocycles. The summed E-state index contributed by atoms with van der Waals surface area (Å²) in [6, 6.07) is 15.7. The van der Waals surface area contributed by atoms with Gasteiger partial charge < -0.3 is 10.2 Å². The summed E-state index contributed by atoms with van der Waals surface area (Å²) in [5, 5.41) is 26.3. The molecule has 0 saturated carbocycles. The predicted molar refractivity (Wildman–Crippen MR) is 186 cm³/mol. The Morgan fingerprint density at radius 3 is 1.30 bits per heavy atom. The Morgan fingerprint density at radius 1 is 0.553 bits per heavy atom. The highest BCUT2D eigenvalue weighted by molar-refractivity contribution is 5.88. The van der Waals surface area contributed by atoms with Crippen molar-refractivity contribution in [3.63, 3.8) is 0 Å². The van der Waals surface area contributed by atoms with Crippen molar-refractivity contribution in [2.24, 2.45) is 24.1 Å². The second kappa shape index (κ2) is 18.8. The zero-order chi connectivity index (χ0) is 33.4. The number of rotatable bonds is 20. The summed E-state index contributed by atoms with van der Waals surface area (Å²) in [5.74, 6) is 0.750. The Hall–Kier alpha value is -4.20. The molecular formula is C39H54N6O2. The maximum Gasteiger partial charge on any atom is 0.292 e. The van der Waals surface area contributed by atoms with E-state index in [4.69, 9.17) is 0 Å². The molecular weight excluding hydrogens is 584 g/mol. The summed E-state index contributed by atoms with van der Waals surface area (Å²) in [6.45, 7) is 6.11. The summed E-state index contributed by atoms with van der Waals surface area (Å²) in [6.07, 6.45) is 23.1. The lowest BCUT2D eigenvalue weighted by Gasteiger charge is -2.11. The van der Waals surface area contributed by atoms with Crippen LogP contribution in [0.3, 0.4) is 0 Å². The van der Waals surface area contributed by atoms with E-state index in [1.165, 1.54) is 64.2 Å². The van der Waals surface area contributed by atoms with Crippen LogP contribution in [-0.4, -0.2) is 20.9 Å². The molecule has 0 atom stereocenters. The van der Waals surface area contributed by atoms with Gasteiger partial charge >= 0.3 is 0 Å². The first-order valence-electron chi connectivity index (χ1n) is 17.7. The van der Waals surface area contributed by atoms with Crippen molar-refractivity contribution in [3.05, 3.63) is 96.1 Å². The van der Waals surface area contributed by atoms with Gasteiger partial charge in [-0.25, -0.2) is 18.3 Å². The van der Waals surface area contributed by atoms with Gasteiger partial charge in [0, 0.05) is 0 Å². The number of benzene rings is 2. The molecule has 0 aliphatic rings. The molecule has 0 N–H and O–H groups in total. The largest absolute Gasteiger partial charge is 0.853 e. The number of hydrogen-bond donors (Lipinski definition) is 0. The van der Waals surface area contributed by atoms with Gasteiger partial charge in [0.25, 0.3) is 11.6 Å². The molecule has 0 amide bonds. The van der Waals surface area contributed by atoms with Gasteiger partial charge in [-0.15, -0.1) is 0 Å². The van der Waals surface area contributed by atoms with E-state index in [1.54, 1.807) is 0 Å². The first-order valence-corrected chi connectivity index (χ1v) is 17.7. The number of aromatic nitrogens is 4. The zero-order valence-corrected chi connectivity index (χ0v) is 29.0. The van der Waals surface area contributed by atoms with Crippen LogP contribution < -0.4 is 19.3 Å². The molecule has 2 aromatic heterocycles. The van der Waals surface area contributed by atoms with E-state index in [1.807, 2.05) is 106 Å². The lowest BCUT2D eigenvalue weighted by molar-refractivity contribution is -0.700. The molecule has 252 valence electrons. The van der Waals surface area contributed by atoms with Gasteiger partial charge in [-0.05, 0) is 67.5 Å².